The molecule has 0 atom stereocenters. The van der Waals surface area contributed by atoms with Crippen molar-refractivity contribution in [3.63, 3.8) is 0 Å². The second-order valence-electron chi connectivity index (χ2n) is 13.1. The molecule has 9 aromatic rings. The first-order chi connectivity index (χ1) is 25.7. The number of pyridine rings is 1. The number of aromatic amines is 1. The quantitative estimate of drug-likeness (QED) is 0.171. The summed E-state index contributed by atoms with van der Waals surface area (Å²) < 4.78 is 14.3. The summed E-state index contributed by atoms with van der Waals surface area (Å²) in [6.45, 7) is 9.60. The number of hydrogen-bond acceptors (Lipinski definition) is 14. The molecule has 53 heavy (non-hydrogen) atoms. The highest BCUT2D eigenvalue weighted by Crippen LogP contribution is 2.28. The zero-order valence-corrected chi connectivity index (χ0v) is 29.3. The van der Waals surface area contributed by atoms with Gasteiger partial charge in [-0.25, -0.2) is 19.3 Å². The number of aromatic nitrogens is 13. The van der Waals surface area contributed by atoms with Crippen molar-refractivity contribution in [1.29, 1.82) is 0 Å². The maximum absolute atomic E-state index is 5.93. The van der Waals surface area contributed by atoms with Crippen LogP contribution >= 0.6 is 0 Å². The first kappa shape index (κ1) is 33.1. The lowest BCUT2D eigenvalue weighted by Gasteiger charge is -2.13. The average molecular weight is 710 g/mol. The fourth-order valence-corrected chi connectivity index (χ4v) is 5.89. The van der Waals surface area contributed by atoms with Crippen LogP contribution in [0.4, 0.5) is 11.9 Å². The highest BCUT2D eigenvalue weighted by Gasteiger charge is 2.19. The SMILES string of the molecule is CC(C)c1cc(Cn2nnc3c(-c4ccco4)nc(N)nc32)nc(C(C)C)c1.Nc1nc(-c2ccco2)c2nnn(Cc3ccc4[nH]ncc4c3)c2n1. The van der Waals surface area contributed by atoms with Crippen LogP contribution in [0.2, 0.25) is 0 Å². The van der Waals surface area contributed by atoms with Crippen molar-refractivity contribution in [3.8, 4) is 22.9 Å². The summed E-state index contributed by atoms with van der Waals surface area (Å²) in [5.74, 6) is 2.20. The fraction of sp³-hybridized carbons (Fsp3) is 0.222. The number of hydrogen-bond donors (Lipinski definition) is 3. The summed E-state index contributed by atoms with van der Waals surface area (Å²) in [7, 11) is 0. The molecule has 17 heteroatoms. The van der Waals surface area contributed by atoms with Gasteiger partial charge in [0.05, 0.1) is 43.0 Å². The van der Waals surface area contributed by atoms with E-state index in [1.807, 2.05) is 24.3 Å². The Morgan fingerprint density at radius 1 is 0.698 bits per heavy atom. The molecule has 0 saturated heterocycles. The minimum absolute atomic E-state index is 0.146. The van der Waals surface area contributed by atoms with E-state index < -0.39 is 0 Å². The Balaban J connectivity index is 0.000000152. The highest BCUT2D eigenvalue weighted by molar-refractivity contribution is 5.87. The van der Waals surface area contributed by atoms with E-state index in [1.165, 1.54) is 5.56 Å². The van der Waals surface area contributed by atoms with Crippen molar-refractivity contribution in [1.82, 2.24) is 65.1 Å². The van der Waals surface area contributed by atoms with Gasteiger partial charge in [-0.3, -0.25) is 10.1 Å². The molecule has 0 unspecified atom stereocenters. The van der Waals surface area contributed by atoms with Gasteiger partial charge < -0.3 is 20.3 Å². The highest BCUT2D eigenvalue weighted by atomic mass is 16.3. The Morgan fingerprint density at radius 3 is 1.89 bits per heavy atom. The average Bonchev–Trinajstić information content (AvgIpc) is 4.00. The fourth-order valence-electron chi connectivity index (χ4n) is 5.89. The first-order valence-corrected chi connectivity index (χ1v) is 16.9. The summed E-state index contributed by atoms with van der Waals surface area (Å²) in [4.78, 5) is 22.0. The molecule has 0 spiro atoms. The first-order valence-electron chi connectivity index (χ1n) is 16.9. The minimum atomic E-state index is 0.146. The number of furan rings is 2. The molecule has 17 nitrogen and oxygen atoms in total. The lowest BCUT2D eigenvalue weighted by Crippen LogP contribution is -2.09. The van der Waals surface area contributed by atoms with Crippen molar-refractivity contribution >= 4 is 45.1 Å². The number of anilines is 2. The van der Waals surface area contributed by atoms with Crippen LogP contribution in [-0.4, -0.2) is 65.1 Å². The van der Waals surface area contributed by atoms with E-state index in [0.717, 1.165) is 27.9 Å². The lowest BCUT2D eigenvalue weighted by atomic mass is 9.99. The number of nitrogen functional groups attached to an aromatic ring is 2. The summed E-state index contributed by atoms with van der Waals surface area (Å²) in [5, 5.41) is 25.0. The van der Waals surface area contributed by atoms with Gasteiger partial charge >= 0.3 is 0 Å². The number of nitrogens with one attached hydrogen (secondary N) is 1. The standard InChI is InChI=1S/C20H23N7O.C16H12N8O/c1-11(2)13-8-14(22-15(9-13)12(3)4)10-27-19-18(25-26-27)17(23-20(21)24-19)16-6-5-7-28-16;17-16-19-13(12-2-1-5-25-12)14-15(20-16)24(23-22-14)8-9-3-4-11-10(6-9)7-18-21-11/h5-9,11-12H,10H2,1-4H3,(H2,21,23,24);1-7H,8H2,(H,18,21)(H2,17,19,20). The number of H-pyrrole nitrogens is 1. The predicted octanol–water partition coefficient (Wildman–Crippen LogP) is 5.74. The predicted molar refractivity (Wildman–Crippen MR) is 197 cm³/mol. The summed E-state index contributed by atoms with van der Waals surface area (Å²) in [6.07, 6.45) is 4.94. The third kappa shape index (κ3) is 6.62. The molecule has 0 aliphatic carbocycles. The molecule has 0 saturated carbocycles. The molecule has 0 amide bonds. The molecule has 8 aromatic heterocycles. The Labute approximate surface area is 301 Å². The van der Waals surface area contributed by atoms with E-state index in [9.17, 15) is 0 Å². The summed E-state index contributed by atoms with van der Waals surface area (Å²) >= 11 is 0. The third-order valence-electron chi connectivity index (χ3n) is 8.60. The maximum atomic E-state index is 5.93. The topological polar surface area (TPSA) is 233 Å². The number of nitrogens with two attached hydrogens (primary N) is 2. The van der Waals surface area contributed by atoms with Crippen molar-refractivity contribution in [2.45, 2.75) is 52.6 Å². The molecule has 9 rings (SSSR count). The van der Waals surface area contributed by atoms with Gasteiger partial charge in [-0.2, -0.15) is 15.1 Å². The molecule has 0 radical (unpaired) electrons. The largest absolute Gasteiger partial charge is 0.463 e. The molecule has 1 aromatic carbocycles. The van der Waals surface area contributed by atoms with Crippen molar-refractivity contribution in [2.24, 2.45) is 0 Å². The van der Waals surface area contributed by atoms with Crippen LogP contribution in [0.1, 0.15) is 62.0 Å². The smallest absolute Gasteiger partial charge is 0.222 e. The second-order valence-corrected chi connectivity index (χ2v) is 13.1. The molecule has 0 aliphatic rings. The second kappa shape index (κ2) is 13.6. The van der Waals surface area contributed by atoms with Gasteiger partial charge in [0.2, 0.25) is 11.9 Å². The van der Waals surface area contributed by atoms with E-state index in [2.05, 4.69) is 90.6 Å². The van der Waals surface area contributed by atoms with Gasteiger partial charge in [-0.1, -0.05) is 44.2 Å². The van der Waals surface area contributed by atoms with E-state index in [1.54, 1.807) is 46.3 Å². The molecular weight excluding hydrogens is 674 g/mol. The summed E-state index contributed by atoms with van der Waals surface area (Å²) in [5.41, 5.74) is 20.4. The van der Waals surface area contributed by atoms with Crippen LogP contribution in [0.15, 0.2) is 82.2 Å². The Hall–Kier alpha value is -7.04. The minimum Gasteiger partial charge on any atom is -0.463 e. The van der Waals surface area contributed by atoms with E-state index in [0.29, 0.717) is 70.2 Å². The molecule has 5 N–H and O–H groups in total. The molecule has 0 aliphatic heterocycles. The van der Waals surface area contributed by atoms with Crippen LogP contribution in [0.25, 0.3) is 56.1 Å². The van der Waals surface area contributed by atoms with Gasteiger partial charge in [0.25, 0.3) is 0 Å². The lowest BCUT2D eigenvalue weighted by molar-refractivity contribution is 0.580. The number of rotatable bonds is 8. The van der Waals surface area contributed by atoms with Crippen molar-refractivity contribution < 1.29 is 8.83 Å². The molecule has 0 fully saturated rings. The van der Waals surface area contributed by atoms with E-state index in [4.69, 9.17) is 25.3 Å². The van der Waals surface area contributed by atoms with Gasteiger partial charge in [0.1, 0.15) is 11.4 Å². The summed E-state index contributed by atoms with van der Waals surface area (Å²) in [6, 6.07) is 17.5. The Bertz CT molecular complexity index is 2640. The molecule has 0 bridgehead atoms. The zero-order chi connectivity index (χ0) is 36.6. The van der Waals surface area contributed by atoms with Crippen LogP contribution in [-0.2, 0) is 13.1 Å². The van der Waals surface area contributed by atoms with Gasteiger partial charge in [0, 0.05) is 11.1 Å². The zero-order valence-electron chi connectivity index (χ0n) is 29.3. The normalized spacial score (nSPS) is 11.7. The number of nitrogens with zero attached hydrogens (tertiary/aromatic N) is 12. The number of benzene rings is 1. The van der Waals surface area contributed by atoms with Crippen LogP contribution < -0.4 is 11.5 Å². The van der Waals surface area contributed by atoms with Crippen LogP contribution in [0, 0.1) is 0 Å². The monoisotopic (exact) mass is 709 g/mol. The molecular formula is C36H35N15O2. The van der Waals surface area contributed by atoms with Crippen LogP contribution in [0.3, 0.4) is 0 Å². The van der Waals surface area contributed by atoms with Gasteiger partial charge in [-0.15, -0.1) is 10.2 Å². The van der Waals surface area contributed by atoms with Gasteiger partial charge in [-0.05, 0) is 71.5 Å². The molecule has 266 valence electrons. The van der Waals surface area contributed by atoms with Crippen molar-refractivity contribution in [3.05, 3.63) is 95.8 Å². The Kier molecular flexibility index (Phi) is 8.49. The Morgan fingerprint density at radius 2 is 1.32 bits per heavy atom. The van der Waals surface area contributed by atoms with Crippen LogP contribution in [0.5, 0.6) is 0 Å². The van der Waals surface area contributed by atoms with Crippen molar-refractivity contribution in [2.75, 3.05) is 11.5 Å². The number of fused-ring (bicyclic) bond motifs is 3. The third-order valence-corrected chi connectivity index (χ3v) is 8.60. The van der Waals surface area contributed by atoms with E-state index in [-0.39, 0.29) is 11.9 Å². The van der Waals surface area contributed by atoms with E-state index >= 15 is 0 Å². The van der Waals surface area contributed by atoms with Gasteiger partial charge in [0.15, 0.2) is 33.8 Å². The molecule has 8 heterocycles. The maximum Gasteiger partial charge on any atom is 0.222 e.